The zero-order valence-corrected chi connectivity index (χ0v) is 29.5. The first kappa shape index (κ1) is 35.3. The molecule has 2 aromatic carbocycles. The molecule has 2 aromatic heterocycles. The van der Waals surface area contributed by atoms with Crippen molar-refractivity contribution in [3.63, 3.8) is 0 Å². The molecule has 3 fully saturated rings. The number of aromatic nitrogens is 3. The Hall–Kier alpha value is -4.15. The van der Waals surface area contributed by atoms with Gasteiger partial charge in [0.1, 0.15) is 0 Å². The van der Waals surface area contributed by atoms with Crippen LogP contribution in [-0.2, 0) is 22.1 Å². The van der Waals surface area contributed by atoms with Crippen LogP contribution in [0.4, 0.5) is 23.7 Å². The van der Waals surface area contributed by atoms with Crippen LogP contribution in [0.25, 0.3) is 21.9 Å². The molecule has 5 heterocycles. The number of nitrogens with one attached hydrogen (secondary N) is 2. The first-order valence-corrected chi connectivity index (χ1v) is 18.1. The number of imidazole rings is 1. The second-order valence-electron chi connectivity index (χ2n) is 13.5. The van der Waals surface area contributed by atoms with Crippen LogP contribution in [-0.4, -0.2) is 106 Å². The predicted octanol–water partition coefficient (Wildman–Crippen LogP) is 4.52. The van der Waals surface area contributed by atoms with E-state index in [1.165, 1.54) is 11.0 Å². The van der Waals surface area contributed by atoms with Crippen LogP contribution in [0.3, 0.4) is 0 Å². The number of nitrogens with zero attached hydrogens (tertiary/aromatic N) is 5. The third-order valence-electron chi connectivity index (χ3n) is 10.4. The van der Waals surface area contributed by atoms with Crippen molar-refractivity contribution in [1.29, 1.82) is 0 Å². The van der Waals surface area contributed by atoms with E-state index in [4.69, 9.17) is 10.5 Å². The molecule has 16 heteroatoms. The van der Waals surface area contributed by atoms with Crippen molar-refractivity contribution in [1.82, 2.24) is 34.6 Å². The summed E-state index contributed by atoms with van der Waals surface area (Å²) in [6.07, 6.45) is -2.96. The molecule has 1 atom stereocenters. The van der Waals surface area contributed by atoms with Crippen molar-refractivity contribution in [2.45, 2.75) is 56.5 Å². The van der Waals surface area contributed by atoms with Crippen molar-refractivity contribution in [3.8, 4) is 0 Å². The summed E-state index contributed by atoms with van der Waals surface area (Å²) >= 11 is 3.13. The highest BCUT2D eigenvalue weighted by molar-refractivity contribution is 9.10. The Morgan fingerprint density at radius 1 is 0.980 bits per heavy atom. The molecule has 1 unspecified atom stereocenters. The van der Waals surface area contributed by atoms with Gasteiger partial charge < -0.3 is 30.6 Å². The standard InChI is InChI=1S/C35H40BrF3N8O4/c36-26-18-21(17-25(30(26)40)35(37,38)39)19-29(32(48)45-11-5-22(6-12-45)44-15-9-41-10-16-44)51-34(50)46-13-7-23(8-14-46)47-28-20-42-27-4-2-1-3-24(27)31(28)43-33(47)49/h1-4,17-18,20,22-23,29,41H,5-16,19,40H2,(H,43,49). The smallest absolute Gasteiger partial charge is 0.418 e. The van der Waals surface area contributed by atoms with Gasteiger partial charge in [-0.2, -0.15) is 13.2 Å². The molecule has 3 aliphatic heterocycles. The van der Waals surface area contributed by atoms with E-state index in [0.29, 0.717) is 43.0 Å². The molecule has 4 N–H and O–H groups in total. The number of hydrogen-bond donors (Lipinski definition) is 3. The summed E-state index contributed by atoms with van der Waals surface area (Å²) < 4.78 is 49.2. The monoisotopic (exact) mass is 772 g/mol. The zero-order chi connectivity index (χ0) is 35.9. The Labute approximate surface area is 300 Å². The lowest BCUT2D eigenvalue weighted by Crippen LogP contribution is -2.54. The first-order valence-electron chi connectivity index (χ1n) is 17.3. The Kier molecular flexibility index (Phi) is 10.0. The fourth-order valence-electron chi connectivity index (χ4n) is 7.71. The Morgan fingerprint density at radius 2 is 1.65 bits per heavy atom. The number of anilines is 1. The van der Waals surface area contributed by atoms with E-state index >= 15 is 0 Å². The Balaban J connectivity index is 1.07. The zero-order valence-electron chi connectivity index (χ0n) is 27.9. The third kappa shape index (κ3) is 7.31. The number of ether oxygens (including phenoxy) is 1. The average Bonchev–Trinajstić information content (AvgIpc) is 3.48. The maximum Gasteiger partial charge on any atom is 0.418 e. The molecule has 0 bridgehead atoms. The molecular formula is C35H40BrF3N8O4. The average molecular weight is 774 g/mol. The molecule has 12 nitrogen and oxygen atoms in total. The predicted molar refractivity (Wildman–Crippen MR) is 189 cm³/mol. The number of carbonyl (C=O) groups is 2. The minimum atomic E-state index is -4.72. The topological polar surface area (TPSA) is 142 Å². The molecule has 2 amide bonds. The minimum Gasteiger partial charge on any atom is -0.436 e. The lowest BCUT2D eigenvalue weighted by Gasteiger charge is -2.41. The molecule has 7 rings (SSSR count). The molecule has 51 heavy (non-hydrogen) atoms. The van der Waals surface area contributed by atoms with Gasteiger partial charge in [-0.25, -0.2) is 9.59 Å². The van der Waals surface area contributed by atoms with E-state index in [1.807, 2.05) is 24.3 Å². The molecule has 4 aromatic rings. The maximum absolute atomic E-state index is 14.0. The van der Waals surface area contributed by atoms with E-state index < -0.39 is 35.5 Å². The number of benzene rings is 2. The highest BCUT2D eigenvalue weighted by atomic mass is 79.9. The highest BCUT2D eigenvalue weighted by Gasteiger charge is 2.37. The van der Waals surface area contributed by atoms with Gasteiger partial charge in [-0.05, 0) is 65.4 Å². The molecule has 0 spiro atoms. The van der Waals surface area contributed by atoms with Gasteiger partial charge in [0.15, 0.2) is 6.10 Å². The third-order valence-corrected chi connectivity index (χ3v) is 11.1. The molecule has 3 saturated heterocycles. The summed E-state index contributed by atoms with van der Waals surface area (Å²) in [6.45, 7) is 5.12. The molecule has 0 radical (unpaired) electrons. The summed E-state index contributed by atoms with van der Waals surface area (Å²) in [7, 11) is 0. The maximum atomic E-state index is 14.0. The Bertz CT molecular complexity index is 1980. The Morgan fingerprint density at radius 3 is 2.35 bits per heavy atom. The van der Waals surface area contributed by atoms with Crippen molar-refractivity contribution < 1.29 is 27.5 Å². The van der Waals surface area contributed by atoms with E-state index in [1.54, 1.807) is 15.7 Å². The first-order chi connectivity index (χ1) is 24.5. The van der Waals surface area contributed by atoms with Gasteiger partial charge in [0.2, 0.25) is 0 Å². The second-order valence-corrected chi connectivity index (χ2v) is 14.4. The van der Waals surface area contributed by atoms with Gasteiger partial charge in [0.25, 0.3) is 5.91 Å². The van der Waals surface area contributed by atoms with Crippen molar-refractivity contribution in [2.75, 3.05) is 58.1 Å². The van der Waals surface area contributed by atoms with Crippen LogP contribution in [0.5, 0.6) is 0 Å². The second kappa shape index (κ2) is 14.5. The van der Waals surface area contributed by atoms with Crippen LogP contribution < -0.4 is 16.7 Å². The van der Waals surface area contributed by atoms with Gasteiger partial charge in [0, 0.05) is 80.7 Å². The van der Waals surface area contributed by atoms with Crippen molar-refractivity contribution in [2.24, 2.45) is 0 Å². The number of piperazine rings is 1. The van der Waals surface area contributed by atoms with E-state index in [0.717, 1.165) is 56.0 Å². The number of fused-ring (bicyclic) bond motifs is 3. The van der Waals surface area contributed by atoms with Gasteiger partial charge in [-0.1, -0.05) is 18.2 Å². The summed E-state index contributed by atoms with van der Waals surface area (Å²) in [5.74, 6) is -0.441. The number of para-hydroxylation sites is 1. The summed E-state index contributed by atoms with van der Waals surface area (Å²) in [6, 6.07) is 10.0. The number of nitrogens with two attached hydrogens (primary N) is 1. The van der Waals surface area contributed by atoms with Gasteiger partial charge in [0.05, 0.1) is 34.0 Å². The number of H-pyrrole nitrogens is 1. The van der Waals surface area contributed by atoms with Gasteiger partial charge >= 0.3 is 18.0 Å². The molecular weight excluding hydrogens is 733 g/mol. The largest absolute Gasteiger partial charge is 0.436 e. The normalized spacial score (nSPS) is 19.1. The number of amides is 2. The quantitative estimate of drug-likeness (QED) is 0.243. The van der Waals surface area contributed by atoms with Crippen LogP contribution >= 0.6 is 15.9 Å². The number of piperidine rings is 2. The van der Waals surface area contributed by atoms with Gasteiger partial charge in [-0.15, -0.1) is 0 Å². The fourth-order valence-corrected chi connectivity index (χ4v) is 8.22. The number of hydrogen-bond acceptors (Lipinski definition) is 8. The SMILES string of the molecule is Nc1c(Br)cc(CC(OC(=O)N2CCC(n3c(=O)[nH]c4c5ccccc5ncc43)CC2)C(=O)N2CCC(N3CCNCC3)CC2)cc1C(F)(F)F. The minimum absolute atomic E-state index is 0.0412. The number of likely N-dealkylation sites (tertiary alicyclic amines) is 2. The lowest BCUT2D eigenvalue weighted by atomic mass is 9.99. The number of carbonyl (C=O) groups excluding carboxylic acids is 2. The van der Waals surface area contributed by atoms with Crippen molar-refractivity contribution in [3.05, 3.63) is 68.7 Å². The number of halogens is 4. The molecule has 0 saturated carbocycles. The number of alkyl halides is 3. The van der Waals surface area contributed by atoms with Crippen LogP contribution in [0.15, 0.2) is 51.9 Å². The van der Waals surface area contributed by atoms with Crippen LogP contribution in [0, 0.1) is 0 Å². The molecule has 272 valence electrons. The number of aromatic amines is 1. The summed E-state index contributed by atoms with van der Waals surface area (Å²) in [5.41, 5.74) is 6.30. The highest BCUT2D eigenvalue weighted by Crippen LogP contribution is 2.38. The van der Waals surface area contributed by atoms with E-state index in [2.05, 4.69) is 36.1 Å². The summed E-state index contributed by atoms with van der Waals surface area (Å²) in [5, 5.41) is 4.19. The molecule has 3 aliphatic rings. The van der Waals surface area contributed by atoms with E-state index in [-0.39, 0.29) is 41.3 Å². The van der Waals surface area contributed by atoms with Crippen LogP contribution in [0.1, 0.15) is 42.9 Å². The molecule has 0 aliphatic carbocycles. The van der Waals surface area contributed by atoms with Crippen LogP contribution in [0.2, 0.25) is 0 Å². The van der Waals surface area contributed by atoms with E-state index in [9.17, 15) is 27.6 Å². The summed E-state index contributed by atoms with van der Waals surface area (Å²) in [4.78, 5) is 53.8. The number of rotatable bonds is 6. The van der Waals surface area contributed by atoms with Crippen molar-refractivity contribution >= 4 is 55.6 Å². The van der Waals surface area contributed by atoms with Gasteiger partial charge in [-0.3, -0.25) is 19.2 Å². The number of nitrogen functional groups attached to an aromatic ring is 1. The lowest BCUT2D eigenvalue weighted by molar-refractivity contribution is -0.142. The fraction of sp³-hybridized carbons (Fsp3) is 0.486. The number of pyridine rings is 1.